The van der Waals surface area contributed by atoms with Gasteiger partial charge in [-0.05, 0) is 88.8 Å². The van der Waals surface area contributed by atoms with E-state index in [-0.39, 0.29) is 0 Å². The van der Waals surface area contributed by atoms with E-state index in [0.717, 1.165) is 59.6 Å². The van der Waals surface area contributed by atoms with Crippen molar-refractivity contribution in [3.8, 4) is 0 Å². The highest BCUT2D eigenvalue weighted by atomic mass is 127. The van der Waals surface area contributed by atoms with Crippen LogP contribution >= 0.6 is 22.6 Å². The number of halogens is 1. The molecular formula is C26H17IN4. The van der Waals surface area contributed by atoms with Gasteiger partial charge in [0.05, 0.1) is 22.8 Å². The van der Waals surface area contributed by atoms with Gasteiger partial charge in [-0.2, -0.15) is 0 Å². The van der Waals surface area contributed by atoms with E-state index in [1.165, 1.54) is 0 Å². The fourth-order valence-corrected chi connectivity index (χ4v) is 4.78. The second-order valence-electron chi connectivity index (χ2n) is 7.55. The standard InChI is InChI=1S/C26H17IN4/c27-26-24-15-22-11-9-20(30-22)13-18-7-6-17(28-18)12-19-8-10-21(29-19)14-23(31-24)25(26)16-4-2-1-3-5-16/h1-15,28-29H. The van der Waals surface area contributed by atoms with Crippen LogP contribution in [0, 0.1) is 0 Å². The molecule has 0 aliphatic carbocycles. The van der Waals surface area contributed by atoms with Crippen LogP contribution in [-0.2, 0) is 0 Å². The Labute approximate surface area is 192 Å². The third kappa shape index (κ3) is 3.51. The van der Waals surface area contributed by atoms with Crippen LogP contribution in [-0.4, -0.2) is 19.9 Å². The highest BCUT2D eigenvalue weighted by Crippen LogP contribution is 2.39. The van der Waals surface area contributed by atoms with Crippen molar-refractivity contribution in [2.75, 3.05) is 0 Å². The van der Waals surface area contributed by atoms with Crippen LogP contribution in [0.15, 0.2) is 78.9 Å². The molecule has 2 aliphatic heterocycles. The van der Waals surface area contributed by atoms with Gasteiger partial charge in [-0.1, -0.05) is 30.3 Å². The summed E-state index contributed by atoms with van der Waals surface area (Å²) in [5, 5.41) is 0. The molecule has 0 amide bonds. The van der Waals surface area contributed by atoms with Crippen LogP contribution < -0.4 is 0 Å². The molecule has 31 heavy (non-hydrogen) atoms. The quantitative estimate of drug-likeness (QED) is 0.242. The van der Waals surface area contributed by atoms with Crippen LogP contribution in [0.25, 0.3) is 43.4 Å². The maximum absolute atomic E-state index is 4.99. The van der Waals surface area contributed by atoms with Crippen molar-refractivity contribution in [3.63, 3.8) is 0 Å². The molecule has 6 rings (SSSR count). The molecule has 1 aromatic carbocycles. The van der Waals surface area contributed by atoms with Gasteiger partial charge in [0.15, 0.2) is 0 Å². The van der Waals surface area contributed by atoms with E-state index >= 15 is 0 Å². The Morgan fingerprint density at radius 3 is 1.90 bits per heavy atom. The zero-order valence-electron chi connectivity index (χ0n) is 16.4. The van der Waals surface area contributed by atoms with Crippen LogP contribution in [0.2, 0.25) is 0 Å². The number of fused-ring (bicyclic) bond motifs is 8. The molecule has 0 saturated heterocycles. The number of H-pyrrole nitrogens is 2. The van der Waals surface area contributed by atoms with Crippen LogP contribution in [0.4, 0.5) is 0 Å². The molecule has 0 atom stereocenters. The summed E-state index contributed by atoms with van der Waals surface area (Å²) in [6.45, 7) is 0. The first-order chi connectivity index (χ1) is 15.2. The van der Waals surface area contributed by atoms with Crippen molar-refractivity contribution in [2.45, 2.75) is 0 Å². The highest BCUT2D eigenvalue weighted by Gasteiger charge is 2.19. The lowest BCUT2D eigenvalue weighted by Crippen LogP contribution is -1.85. The van der Waals surface area contributed by atoms with Crippen molar-refractivity contribution < 1.29 is 0 Å². The molecule has 4 aromatic rings. The summed E-state index contributed by atoms with van der Waals surface area (Å²) < 4.78 is 1.12. The molecule has 5 heteroatoms. The highest BCUT2D eigenvalue weighted by molar-refractivity contribution is 14.1. The molecule has 0 spiro atoms. The monoisotopic (exact) mass is 512 g/mol. The van der Waals surface area contributed by atoms with Crippen molar-refractivity contribution >= 4 is 66.0 Å². The summed E-state index contributed by atoms with van der Waals surface area (Å²) >= 11 is 2.40. The Morgan fingerprint density at radius 1 is 0.581 bits per heavy atom. The van der Waals surface area contributed by atoms with E-state index in [1.807, 2.05) is 18.2 Å². The van der Waals surface area contributed by atoms with Gasteiger partial charge in [-0.25, -0.2) is 9.97 Å². The van der Waals surface area contributed by atoms with E-state index in [1.54, 1.807) is 0 Å². The number of hydrogen-bond acceptors (Lipinski definition) is 2. The second-order valence-corrected chi connectivity index (χ2v) is 8.63. The Balaban J connectivity index is 1.69. The Morgan fingerprint density at radius 2 is 1.19 bits per heavy atom. The number of nitrogens with one attached hydrogen (secondary N) is 2. The molecular weight excluding hydrogens is 495 g/mol. The van der Waals surface area contributed by atoms with E-state index in [0.29, 0.717) is 0 Å². The van der Waals surface area contributed by atoms with Crippen molar-refractivity contribution in [1.29, 1.82) is 0 Å². The van der Waals surface area contributed by atoms with E-state index in [9.17, 15) is 0 Å². The fraction of sp³-hybridized carbons (Fsp3) is 0. The lowest BCUT2D eigenvalue weighted by atomic mass is 10.0. The van der Waals surface area contributed by atoms with Crippen LogP contribution in [0.3, 0.4) is 0 Å². The minimum atomic E-state index is 0.903. The number of nitrogens with zero attached hydrogens (tertiary/aromatic N) is 2. The fourth-order valence-electron chi connectivity index (χ4n) is 3.92. The second kappa shape index (κ2) is 7.35. The molecule has 3 aromatic heterocycles. The third-order valence-electron chi connectivity index (χ3n) is 5.34. The molecule has 0 fully saturated rings. The topological polar surface area (TPSA) is 57.4 Å². The van der Waals surface area contributed by atoms with Gasteiger partial charge in [0, 0.05) is 31.2 Å². The largest absolute Gasteiger partial charge is 0.355 e. The van der Waals surface area contributed by atoms with Crippen LogP contribution in [0.1, 0.15) is 28.3 Å². The lowest BCUT2D eigenvalue weighted by Gasteiger charge is -2.03. The third-order valence-corrected chi connectivity index (χ3v) is 6.43. The minimum Gasteiger partial charge on any atom is -0.355 e. The van der Waals surface area contributed by atoms with Gasteiger partial charge in [-0.3, -0.25) is 0 Å². The van der Waals surface area contributed by atoms with E-state index in [4.69, 9.17) is 9.97 Å². The molecule has 0 unspecified atom stereocenters. The van der Waals surface area contributed by atoms with Crippen LogP contribution in [0.5, 0.6) is 0 Å². The lowest BCUT2D eigenvalue weighted by molar-refractivity contribution is 1.27. The molecule has 148 valence electrons. The zero-order valence-corrected chi connectivity index (χ0v) is 18.6. The smallest absolute Gasteiger partial charge is 0.0799 e. The number of aromatic amines is 2. The van der Waals surface area contributed by atoms with Crippen molar-refractivity contribution in [2.24, 2.45) is 0 Å². The molecule has 4 nitrogen and oxygen atoms in total. The number of aromatic nitrogens is 4. The van der Waals surface area contributed by atoms with Gasteiger partial charge in [0.1, 0.15) is 0 Å². The Bertz CT molecular complexity index is 1540. The zero-order chi connectivity index (χ0) is 20.8. The average Bonchev–Trinajstić information content (AvgIpc) is 3.55. The summed E-state index contributed by atoms with van der Waals surface area (Å²) in [4.78, 5) is 16.7. The summed E-state index contributed by atoms with van der Waals surface area (Å²) in [6, 6.07) is 27.1. The predicted molar refractivity (Wildman–Crippen MR) is 136 cm³/mol. The Hall–Kier alpha value is -3.45. The Kier molecular flexibility index (Phi) is 4.35. The molecule has 5 heterocycles. The maximum Gasteiger partial charge on any atom is 0.0799 e. The van der Waals surface area contributed by atoms with Gasteiger partial charge in [0.2, 0.25) is 0 Å². The molecule has 0 saturated carbocycles. The minimum absolute atomic E-state index is 0.903. The number of rotatable bonds is 1. The number of benzene rings is 1. The summed E-state index contributed by atoms with van der Waals surface area (Å²) in [7, 11) is 0. The summed E-state index contributed by atoms with van der Waals surface area (Å²) in [6.07, 6.45) is 4.07. The summed E-state index contributed by atoms with van der Waals surface area (Å²) in [5.41, 5.74) is 10.1. The number of hydrogen-bond donors (Lipinski definition) is 2. The molecule has 8 bridgehead atoms. The average molecular weight is 512 g/mol. The summed E-state index contributed by atoms with van der Waals surface area (Å²) in [5.74, 6) is 0. The first-order valence-electron chi connectivity index (χ1n) is 10.0. The normalized spacial score (nSPS) is 13.1. The molecule has 0 radical (unpaired) electrons. The van der Waals surface area contributed by atoms with Gasteiger partial charge < -0.3 is 9.97 Å². The van der Waals surface area contributed by atoms with Crippen molar-refractivity contribution in [3.05, 3.63) is 107 Å². The predicted octanol–water partition coefficient (Wildman–Crippen LogP) is 6.84. The van der Waals surface area contributed by atoms with Gasteiger partial charge in [0.25, 0.3) is 0 Å². The first kappa shape index (κ1) is 18.3. The molecule has 2 N–H and O–H groups in total. The van der Waals surface area contributed by atoms with Gasteiger partial charge >= 0.3 is 0 Å². The molecule has 2 aliphatic rings. The SMILES string of the molecule is IC1=C(c2ccccc2)c2cc3ccc(cc4ccc(cc5nc(cc1n2)C=C5)[nH]4)[nH]3. The van der Waals surface area contributed by atoms with E-state index in [2.05, 4.69) is 105 Å². The van der Waals surface area contributed by atoms with Crippen molar-refractivity contribution in [1.82, 2.24) is 19.9 Å². The maximum atomic E-state index is 4.99. The van der Waals surface area contributed by atoms with E-state index < -0.39 is 0 Å². The first-order valence-corrected chi connectivity index (χ1v) is 11.1. The van der Waals surface area contributed by atoms with Gasteiger partial charge in [-0.15, -0.1) is 0 Å².